The summed E-state index contributed by atoms with van der Waals surface area (Å²) in [7, 11) is 0. The Labute approximate surface area is 179 Å². The van der Waals surface area contributed by atoms with Crippen LogP contribution in [0.25, 0.3) is 22.2 Å². The van der Waals surface area contributed by atoms with E-state index < -0.39 is 17.6 Å². The molecule has 0 aliphatic heterocycles. The second-order valence-corrected chi connectivity index (χ2v) is 7.14. The molecule has 31 heavy (non-hydrogen) atoms. The van der Waals surface area contributed by atoms with Crippen LogP contribution in [0.3, 0.4) is 0 Å². The molecule has 9 heteroatoms. The SMILES string of the molecule is Nc1nc(-c2cccc(NC(=O)c3cccc(C(F)(F)F)c3)c2)c2cc(Cl)ccc2n1. The Morgan fingerprint density at radius 3 is 2.52 bits per heavy atom. The maximum Gasteiger partial charge on any atom is 0.416 e. The zero-order valence-corrected chi connectivity index (χ0v) is 16.5. The minimum Gasteiger partial charge on any atom is -0.368 e. The Balaban J connectivity index is 1.68. The number of nitrogen functional groups attached to an aromatic ring is 1. The molecule has 4 aromatic rings. The van der Waals surface area contributed by atoms with E-state index >= 15 is 0 Å². The van der Waals surface area contributed by atoms with E-state index in [2.05, 4.69) is 15.3 Å². The van der Waals surface area contributed by atoms with Crippen LogP contribution in [0.1, 0.15) is 15.9 Å². The molecule has 5 nitrogen and oxygen atoms in total. The third kappa shape index (κ3) is 4.44. The highest BCUT2D eigenvalue weighted by Gasteiger charge is 2.30. The third-order valence-corrected chi connectivity index (χ3v) is 4.76. The number of alkyl halides is 3. The summed E-state index contributed by atoms with van der Waals surface area (Å²) in [6.45, 7) is 0. The normalized spacial score (nSPS) is 11.5. The Morgan fingerprint density at radius 2 is 1.74 bits per heavy atom. The van der Waals surface area contributed by atoms with Gasteiger partial charge in [-0.05, 0) is 48.5 Å². The predicted molar refractivity (Wildman–Crippen MR) is 114 cm³/mol. The van der Waals surface area contributed by atoms with Gasteiger partial charge in [-0.15, -0.1) is 0 Å². The number of nitrogens with two attached hydrogens (primary N) is 1. The van der Waals surface area contributed by atoms with Gasteiger partial charge in [-0.25, -0.2) is 9.97 Å². The van der Waals surface area contributed by atoms with Crippen molar-refractivity contribution >= 4 is 40.0 Å². The molecule has 0 saturated heterocycles. The van der Waals surface area contributed by atoms with E-state index in [-0.39, 0.29) is 11.5 Å². The van der Waals surface area contributed by atoms with E-state index in [4.69, 9.17) is 17.3 Å². The molecule has 0 saturated carbocycles. The molecule has 0 bridgehead atoms. The Hall–Kier alpha value is -3.65. The minimum absolute atomic E-state index is 0.0724. The number of hydrogen-bond acceptors (Lipinski definition) is 4. The van der Waals surface area contributed by atoms with Crippen molar-refractivity contribution in [3.05, 3.63) is 82.9 Å². The summed E-state index contributed by atoms with van der Waals surface area (Å²) in [5.74, 6) is -0.596. The number of fused-ring (bicyclic) bond motifs is 1. The maximum absolute atomic E-state index is 12.9. The van der Waals surface area contributed by atoms with Gasteiger partial charge in [-0.3, -0.25) is 4.79 Å². The number of aromatic nitrogens is 2. The van der Waals surface area contributed by atoms with Crippen molar-refractivity contribution in [2.24, 2.45) is 0 Å². The van der Waals surface area contributed by atoms with Crippen LogP contribution in [-0.4, -0.2) is 15.9 Å². The zero-order valence-electron chi connectivity index (χ0n) is 15.7. The van der Waals surface area contributed by atoms with Gasteiger partial charge in [0.2, 0.25) is 5.95 Å². The molecule has 0 atom stereocenters. The van der Waals surface area contributed by atoms with E-state index in [9.17, 15) is 18.0 Å². The number of benzene rings is 3. The molecule has 0 fully saturated rings. The van der Waals surface area contributed by atoms with Crippen LogP contribution in [0, 0.1) is 0 Å². The van der Waals surface area contributed by atoms with Crippen molar-refractivity contribution in [3.8, 4) is 11.3 Å². The topological polar surface area (TPSA) is 80.9 Å². The number of hydrogen-bond donors (Lipinski definition) is 2. The monoisotopic (exact) mass is 442 g/mol. The van der Waals surface area contributed by atoms with Gasteiger partial charge >= 0.3 is 6.18 Å². The summed E-state index contributed by atoms with van der Waals surface area (Å²) >= 11 is 6.11. The highest BCUT2D eigenvalue weighted by atomic mass is 35.5. The molecule has 1 aromatic heterocycles. The van der Waals surface area contributed by atoms with E-state index in [0.717, 1.165) is 12.1 Å². The van der Waals surface area contributed by atoms with Crippen LogP contribution in [0.2, 0.25) is 5.02 Å². The van der Waals surface area contributed by atoms with Gasteiger partial charge in [0, 0.05) is 27.2 Å². The number of nitrogens with zero attached hydrogens (tertiary/aromatic N) is 2. The first-order valence-electron chi connectivity index (χ1n) is 9.02. The van der Waals surface area contributed by atoms with E-state index in [0.29, 0.717) is 32.9 Å². The number of anilines is 2. The standard InChI is InChI=1S/C22H14ClF3N4O/c23-15-7-8-18-17(11-15)19(30-21(27)29-18)12-3-2-6-16(10-12)28-20(31)13-4-1-5-14(9-13)22(24,25)26/h1-11H,(H,28,31)(H2,27,29,30). The Morgan fingerprint density at radius 1 is 0.968 bits per heavy atom. The lowest BCUT2D eigenvalue weighted by atomic mass is 10.1. The molecule has 1 heterocycles. The molecule has 0 unspecified atom stereocenters. The summed E-state index contributed by atoms with van der Waals surface area (Å²) < 4.78 is 38.8. The van der Waals surface area contributed by atoms with Crippen molar-refractivity contribution < 1.29 is 18.0 Å². The lowest BCUT2D eigenvalue weighted by Crippen LogP contribution is -2.14. The number of carbonyl (C=O) groups is 1. The van der Waals surface area contributed by atoms with Crippen LogP contribution in [0.15, 0.2) is 66.7 Å². The van der Waals surface area contributed by atoms with E-state index in [1.807, 2.05) is 0 Å². The first-order chi connectivity index (χ1) is 14.7. The molecule has 3 aromatic carbocycles. The number of amides is 1. The van der Waals surface area contributed by atoms with E-state index in [1.54, 1.807) is 42.5 Å². The second kappa shape index (κ2) is 7.88. The first kappa shape index (κ1) is 20.6. The quantitative estimate of drug-likeness (QED) is 0.420. The van der Waals surface area contributed by atoms with Crippen LogP contribution in [-0.2, 0) is 6.18 Å². The fraction of sp³-hybridized carbons (Fsp3) is 0.0455. The van der Waals surface area contributed by atoms with Gasteiger partial charge in [0.05, 0.1) is 16.8 Å². The second-order valence-electron chi connectivity index (χ2n) is 6.71. The Bertz CT molecular complexity index is 1310. The lowest BCUT2D eigenvalue weighted by Gasteiger charge is -2.11. The molecule has 4 rings (SSSR count). The summed E-state index contributed by atoms with van der Waals surface area (Å²) in [6.07, 6.45) is -4.54. The van der Waals surface area contributed by atoms with Crippen LogP contribution < -0.4 is 11.1 Å². The lowest BCUT2D eigenvalue weighted by molar-refractivity contribution is -0.137. The van der Waals surface area contributed by atoms with Gasteiger partial charge in [0.15, 0.2) is 0 Å². The molecule has 3 N–H and O–H groups in total. The number of halogens is 4. The molecular formula is C22H14ClF3N4O. The van der Waals surface area contributed by atoms with Crippen molar-refractivity contribution in [2.45, 2.75) is 6.18 Å². The van der Waals surface area contributed by atoms with Crippen LogP contribution in [0.5, 0.6) is 0 Å². The zero-order chi connectivity index (χ0) is 22.2. The third-order valence-electron chi connectivity index (χ3n) is 4.52. The Kier molecular flexibility index (Phi) is 5.24. The average molecular weight is 443 g/mol. The van der Waals surface area contributed by atoms with Gasteiger partial charge in [-0.1, -0.05) is 29.8 Å². The minimum atomic E-state index is -4.54. The fourth-order valence-electron chi connectivity index (χ4n) is 3.12. The number of nitrogens with one attached hydrogen (secondary N) is 1. The molecule has 1 amide bonds. The number of carbonyl (C=O) groups excluding carboxylic acids is 1. The summed E-state index contributed by atoms with van der Waals surface area (Å²) in [5.41, 5.74) is 6.95. The van der Waals surface area contributed by atoms with Crippen molar-refractivity contribution in [3.63, 3.8) is 0 Å². The van der Waals surface area contributed by atoms with Crippen molar-refractivity contribution in [1.29, 1.82) is 0 Å². The maximum atomic E-state index is 12.9. The largest absolute Gasteiger partial charge is 0.416 e. The van der Waals surface area contributed by atoms with E-state index in [1.165, 1.54) is 12.1 Å². The van der Waals surface area contributed by atoms with Gasteiger partial charge in [0.1, 0.15) is 0 Å². The smallest absolute Gasteiger partial charge is 0.368 e. The highest BCUT2D eigenvalue weighted by Crippen LogP contribution is 2.31. The molecular weight excluding hydrogens is 429 g/mol. The molecule has 0 aliphatic rings. The number of rotatable bonds is 3. The van der Waals surface area contributed by atoms with Gasteiger partial charge in [0.25, 0.3) is 5.91 Å². The van der Waals surface area contributed by atoms with Crippen LogP contribution >= 0.6 is 11.6 Å². The average Bonchev–Trinajstić information content (AvgIpc) is 2.73. The van der Waals surface area contributed by atoms with Gasteiger partial charge < -0.3 is 11.1 Å². The molecule has 0 radical (unpaired) electrons. The first-order valence-corrected chi connectivity index (χ1v) is 9.40. The van der Waals surface area contributed by atoms with Gasteiger partial charge in [-0.2, -0.15) is 13.2 Å². The predicted octanol–water partition coefficient (Wildman–Crippen LogP) is 5.80. The fourth-order valence-corrected chi connectivity index (χ4v) is 3.30. The van der Waals surface area contributed by atoms with Crippen LogP contribution in [0.4, 0.5) is 24.8 Å². The highest BCUT2D eigenvalue weighted by molar-refractivity contribution is 6.31. The molecule has 156 valence electrons. The summed E-state index contributed by atoms with van der Waals surface area (Å²) in [5, 5.41) is 3.78. The molecule has 0 spiro atoms. The van der Waals surface area contributed by atoms with Crippen molar-refractivity contribution in [2.75, 3.05) is 11.1 Å². The van der Waals surface area contributed by atoms with Crippen molar-refractivity contribution in [1.82, 2.24) is 9.97 Å². The molecule has 0 aliphatic carbocycles. The summed E-state index contributed by atoms with van der Waals surface area (Å²) in [6, 6.07) is 16.1. The summed E-state index contributed by atoms with van der Waals surface area (Å²) in [4.78, 5) is 21.0.